The Kier molecular flexibility index (Phi) is 4.02. The number of aromatic nitrogens is 2. The third-order valence-corrected chi connectivity index (χ3v) is 3.79. The summed E-state index contributed by atoms with van der Waals surface area (Å²) in [5.74, 6) is 0. The van der Waals surface area contributed by atoms with Crippen molar-refractivity contribution >= 4 is 10.8 Å². The molecular weight excluding hydrogens is 258 g/mol. The van der Waals surface area contributed by atoms with Crippen LogP contribution < -0.4 is 5.32 Å². The molecule has 3 rings (SSSR count). The van der Waals surface area contributed by atoms with Crippen LogP contribution in [0.2, 0.25) is 0 Å². The molecule has 108 valence electrons. The molecule has 3 nitrogen and oxygen atoms in total. The Bertz CT molecular complexity index is 743. The van der Waals surface area contributed by atoms with Gasteiger partial charge in [-0.25, -0.2) is 0 Å². The van der Waals surface area contributed by atoms with Crippen molar-refractivity contribution in [2.24, 2.45) is 7.05 Å². The number of nitrogens with one attached hydrogen (secondary N) is 1. The van der Waals surface area contributed by atoms with E-state index in [0.29, 0.717) is 0 Å². The minimum atomic E-state index is 0.865. The molecule has 0 amide bonds. The van der Waals surface area contributed by atoms with E-state index in [2.05, 4.69) is 66.0 Å². The lowest BCUT2D eigenvalue weighted by molar-refractivity contribution is 0.688. The molecule has 0 aliphatic carbocycles. The Labute approximate surface area is 125 Å². The van der Waals surface area contributed by atoms with Crippen molar-refractivity contribution in [3.63, 3.8) is 0 Å². The van der Waals surface area contributed by atoms with Crippen molar-refractivity contribution in [2.45, 2.75) is 26.4 Å². The zero-order valence-electron chi connectivity index (χ0n) is 12.6. The molecule has 1 aromatic heterocycles. The molecule has 0 saturated carbocycles. The van der Waals surface area contributed by atoms with Crippen molar-refractivity contribution in [3.8, 4) is 0 Å². The maximum atomic E-state index is 4.47. The van der Waals surface area contributed by atoms with Gasteiger partial charge in [-0.05, 0) is 28.8 Å². The summed E-state index contributed by atoms with van der Waals surface area (Å²) in [6, 6.07) is 15.1. The van der Waals surface area contributed by atoms with Gasteiger partial charge < -0.3 is 5.32 Å². The molecule has 2 aromatic carbocycles. The summed E-state index contributed by atoms with van der Waals surface area (Å²) in [7, 11) is 1.98. The molecule has 0 aliphatic rings. The van der Waals surface area contributed by atoms with Crippen LogP contribution in [-0.2, 0) is 26.6 Å². The highest BCUT2D eigenvalue weighted by atomic mass is 15.3. The Morgan fingerprint density at radius 2 is 1.86 bits per heavy atom. The number of aryl methyl sites for hydroxylation is 2. The molecule has 3 aromatic rings. The molecular formula is C18H21N3. The molecule has 0 saturated heterocycles. The first kappa shape index (κ1) is 13.8. The third kappa shape index (κ3) is 3.14. The monoisotopic (exact) mass is 279 g/mol. The molecule has 1 heterocycles. The fraction of sp³-hybridized carbons (Fsp3) is 0.278. The SMILES string of the molecule is CCc1nn(C)cc1CNCc1ccc2ccccc2c1. The minimum absolute atomic E-state index is 0.865. The van der Waals surface area contributed by atoms with Crippen LogP contribution in [0.1, 0.15) is 23.7 Å². The average Bonchev–Trinajstić information content (AvgIpc) is 2.87. The van der Waals surface area contributed by atoms with E-state index >= 15 is 0 Å². The van der Waals surface area contributed by atoms with Crippen LogP contribution >= 0.6 is 0 Å². The lowest BCUT2D eigenvalue weighted by atomic mass is 10.1. The number of benzene rings is 2. The molecule has 0 fully saturated rings. The molecule has 0 bridgehead atoms. The second kappa shape index (κ2) is 6.10. The summed E-state index contributed by atoms with van der Waals surface area (Å²) in [5.41, 5.74) is 3.79. The van der Waals surface area contributed by atoms with E-state index in [-0.39, 0.29) is 0 Å². The summed E-state index contributed by atoms with van der Waals surface area (Å²) in [4.78, 5) is 0. The number of hydrogen-bond donors (Lipinski definition) is 1. The van der Waals surface area contributed by atoms with E-state index in [1.165, 1.54) is 27.6 Å². The second-order valence-corrected chi connectivity index (χ2v) is 5.41. The van der Waals surface area contributed by atoms with Crippen molar-refractivity contribution in [1.29, 1.82) is 0 Å². The van der Waals surface area contributed by atoms with Gasteiger partial charge in [0, 0.05) is 31.9 Å². The molecule has 21 heavy (non-hydrogen) atoms. The number of fused-ring (bicyclic) bond motifs is 1. The topological polar surface area (TPSA) is 29.9 Å². The molecule has 0 unspecified atom stereocenters. The van der Waals surface area contributed by atoms with Gasteiger partial charge in [-0.1, -0.05) is 43.3 Å². The average molecular weight is 279 g/mol. The van der Waals surface area contributed by atoms with Crippen LogP contribution in [0, 0.1) is 0 Å². The molecule has 0 spiro atoms. The van der Waals surface area contributed by atoms with Gasteiger partial charge in [-0.2, -0.15) is 5.10 Å². The number of rotatable bonds is 5. The van der Waals surface area contributed by atoms with Crippen molar-refractivity contribution in [3.05, 3.63) is 65.5 Å². The lowest BCUT2D eigenvalue weighted by Crippen LogP contribution is -2.13. The van der Waals surface area contributed by atoms with Crippen LogP contribution in [0.4, 0.5) is 0 Å². The Morgan fingerprint density at radius 3 is 2.67 bits per heavy atom. The summed E-state index contributed by atoms with van der Waals surface area (Å²) in [6.07, 6.45) is 3.08. The molecule has 0 radical (unpaired) electrons. The van der Waals surface area contributed by atoms with Crippen LogP contribution in [0.15, 0.2) is 48.7 Å². The zero-order chi connectivity index (χ0) is 14.7. The first-order valence-electron chi connectivity index (χ1n) is 7.46. The zero-order valence-corrected chi connectivity index (χ0v) is 12.6. The van der Waals surface area contributed by atoms with Gasteiger partial charge in [0.15, 0.2) is 0 Å². The van der Waals surface area contributed by atoms with Gasteiger partial charge >= 0.3 is 0 Å². The van der Waals surface area contributed by atoms with Crippen LogP contribution in [-0.4, -0.2) is 9.78 Å². The van der Waals surface area contributed by atoms with Gasteiger partial charge in [0.1, 0.15) is 0 Å². The number of hydrogen-bond acceptors (Lipinski definition) is 2. The first-order chi connectivity index (χ1) is 10.3. The van der Waals surface area contributed by atoms with Gasteiger partial charge in [0.25, 0.3) is 0 Å². The lowest BCUT2D eigenvalue weighted by Gasteiger charge is -2.06. The minimum Gasteiger partial charge on any atom is -0.308 e. The smallest absolute Gasteiger partial charge is 0.0666 e. The molecule has 0 atom stereocenters. The summed E-state index contributed by atoms with van der Waals surface area (Å²) < 4.78 is 1.89. The fourth-order valence-corrected chi connectivity index (χ4v) is 2.72. The molecule has 1 N–H and O–H groups in total. The van der Waals surface area contributed by atoms with E-state index in [1.54, 1.807) is 0 Å². The van der Waals surface area contributed by atoms with Gasteiger partial charge in [-0.15, -0.1) is 0 Å². The highest BCUT2D eigenvalue weighted by molar-refractivity contribution is 5.82. The third-order valence-electron chi connectivity index (χ3n) is 3.79. The van der Waals surface area contributed by atoms with Crippen LogP contribution in [0.5, 0.6) is 0 Å². The molecule has 3 heteroatoms. The van der Waals surface area contributed by atoms with Gasteiger partial charge in [0.2, 0.25) is 0 Å². The normalized spacial score (nSPS) is 11.1. The predicted octanol–water partition coefficient (Wildman–Crippen LogP) is 3.43. The Morgan fingerprint density at radius 1 is 1.05 bits per heavy atom. The highest BCUT2D eigenvalue weighted by Gasteiger charge is 2.05. The fourth-order valence-electron chi connectivity index (χ4n) is 2.72. The standard InChI is InChI=1S/C18H21N3/c1-3-18-17(13-21(2)20-18)12-19-11-14-8-9-15-6-4-5-7-16(15)10-14/h4-10,13,19H,3,11-12H2,1-2H3. The van der Waals surface area contributed by atoms with Crippen molar-refractivity contribution < 1.29 is 0 Å². The Balaban J connectivity index is 1.66. The predicted molar refractivity (Wildman–Crippen MR) is 87.1 cm³/mol. The molecule has 0 aliphatic heterocycles. The van der Waals surface area contributed by atoms with Crippen molar-refractivity contribution in [2.75, 3.05) is 0 Å². The second-order valence-electron chi connectivity index (χ2n) is 5.41. The van der Waals surface area contributed by atoms with E-state index < -0.39 is 0 Å². The van der Waals surface area contributed by atoms with Crippen LogP contribution in [0.3, 0.4) is 0 Å². The first-order valence-corrected chi connectivity index (χ1v) is 7.46. The van der Waals surface area contributed by atoms with E-state index in [0.717, 1.165) is 19.5 Å². The van der Waals surface area contributed by atoms with Gasteiger partial charge in [0.05, 0.1) is 5.69 Å². The van der Waals surface area contributed by atoms with Crippen LogP contribution in [0.25, 0.3) is 10.8 Å². The number of nitrogens with zero attached hydrogens (tertiary/aromatic N) is 2. The van der Waals surface area contributed by atoms with E-state index in [1.807, 2.05) is 11.7 Å². The summed E-state index contributed by atoms with van der Waals surface area (Å²) >= 11 is 0. The van der Waals surface area contributed by atoms with E-state index in [4.69, 9.17) is 0 Å². The maximum Gasteiger partial charge on any atom is 0.0666 e. The Hall–Kier alpha value is -2.13. The maximum absolute atomic E-state index is 4.47. The van der Waals surface area contributed by atoms with Crippen molar-refractivity contribution in [1.82, 2.24) is 15.1 Å². The van der Waals surface area contributed by atoms with Gasteiger partial charge in [-0.3, -0.25) is 4.68 Å². The quantitative estimate of drug-likeness (QED) is 0.775. The largest absolute Gasteiger partial charge is 0.308 e. The summed E-state index contributed by atoms with van der Waals surface area (Å²) in [6.45, 7) is 3.89. The van der Waals surface area contributed by atoms with E-state index in [9.17, 15) is 0 Å². The summed E-state index contributed by atoms with van der Waals surface area (Å²) in [5, 5.41) is 10.6. The highest BCUT2D eigenvalue weighted by Crippen LogP contribution is 2.15.